The maximum absolute atomic E-state index is 12.6. The number of hydrogen-bond acceptors (Lipinski definition) is 6. The molecule has 0 aliphatic carbocycles. The highest BCUT2D eigenvalue weighted by Gasteiger charge is 2.16. The Hall–Kier alpha value is -3.52. The van der Waals surface area contributed by atoms with Crippen LogP contribution in [-0.2, 0) is 0 Å². The van der Waals surface area contributed by atoms with Gasteiger partial charge in [-0.25, -0.2) is 4.79 Å². The number of carbonyl (C=O) groups excluding carboxylic acids is 1. The minimum Gasteiger partial charge on any atom is -0.493 e. The molecular formula is C21H19NO6S. The van der Waals surface area contributed by atoms with E-state index in [-0.39, 0.29) is 10.8 Å². The van der Waals surface area contributed by atoms with Crippen molar-refractivity contribution >= 4 is 28.2 Å². The van der Waals surface area contributed by atoms with Crippen molar-refractivity contribution in [3.05, 3.63) is 59.0 Å². The fraction of sp³-hybridized carbons (Fsp3) is 0.143. The van der Waals surface area contributed by atoms with Crippen LogP contribution >= 0.6 is 11.3 Å². The SMILES string of the molecule is COc1cc(-c2cccc(C(=O)Nc3ccc(C(=O)O)s3)c2)cc(OC)c1OC. The summed E-state index contributed by atoms with van der Waals surface area (Å²) < 4.78 is 16.1. The lowest BCUT2D eigenvalue weighted by atomic mass is 10.0. The zero-order chi connectivity index (χ0) is 21.0. The number of anilines is 1. The maximum Gasteiger partial charge on any atom is 0.345 e. The van der Waals surface area contributed by atoms with Crippen molar-refractivity contribution in [1.29, 1.82) is 0 Å². The number of benzene rings is 2. The normalized spacial score (nSPS) is 10.3. The first-order valence-electron chi connectivity index (χ1n) is 8.51. The number of aromatic carboxylic acids is 1. The fourth-order valence-corrected chi connectivity index (χ4v) is 3.53. The zero-order valence-corrected chi connectivity index (χ0v) is 16.8. The molecule has 7 nitrogen and oxygen atoms in total. The Morgan fingerprint density at radius 3 is 2.14 bits per heavy atom. The largest absolute Gasteiger partial charge is 0.493 e. The van der Waals surface area contributed by atoms with Gasteiger partial charge in [-0.2, -0.15) is 0 Å². The second-order valence-electron chi connectivity index (χ2n) is 5.92. The Morgan fingerprint density at radius 2 is 1.59 bits per heavy atom. The molecule has 2 aromatic carbocycles. The quantitative estimate of drug-likeness (QED) is 0.597. The van der Waals surface area contributed by atoms with Gasteiger partial charge in [-0.1, -0.05) is 12.1 Å². The second-order valence-corrected chi connectivity index (χ2v) is 7.00. The Kier molecular flexibility index (Phi) is 6.04. The molecule has 2 N–H and O–H groups in total. The molecular weight excluding hydrogens is 394 g/mol. The molecule has 0 bridgehead atoms. The monoisotopic (exact) mass is 413 g/mol. The van der Waals surface area contributed by atoms with Crippen LogP contribution in [0.5, 0.6) is 17.2 Å². The van der Waals surface area contributed by atoms with E-state index in [2.05, 4.69) is 5.32 Å². The molecule has 0 radical (unpaired) electrons. The fourth-order valence-electron chi connectivity index (χ4n) is 2.79. The second kappa shape index (κ2) is 8.66. The van der Waals surface area contributed by atoms with Gasteiger partial charge in [0.15, 0.2) is 11.5 Å². The number of ether oxygens (including phenoxy) is 3. The molecule has 0 unspecified atom stereocenters. The summed E-state index contributed by atoms with van der Waals surface area (Å²) in [6.07, 6.45) is 0. The van der Waals surface area contributed by atoms with Crippen molar-refractivity contribution in [2.45, 2.75) is 0 Å². The van der Waals surface area contributed by atoms with E-state index < -0.39 is 5.97 Å². The molecule has 1 heterocycles. The Bertz CT molecular complexity index is 1030. The molecule has 0 aliphatic rings. The van der Waals surface area contributed by atoms with Crippen LogP contribution in [0.25, 0.3) is 11.1 Å². The molecule has 1 amide bonds. The van der Waals surface area contributed by atoms with Gasteiger partial charge in [0.25, 0.3) is 5.91 Å². The van der Waals surface area contributed by atoms with Gasteiger partial charge in [-0.05, 0) is 47.5 Å². The van der Waals surface area contributed by atoms with Crippen LogP contribution in [-0.4, -0.2) is 38.3 Å². The summed E-state index contributed by atoms with van der Waals surface area (Å²) in [6, 6.07) is 13.7. The van der Waals surface area contributed by atoms with Crippen molar-refractivity contribution in [2.24, 2.45) is 0 Å². The van der Waals surface area contributed by atoms with E-state index in [9.17, 15) is 9.59 Å². The highest BCUT2D eigenvalue weighted by atomic mass is 32.1. The van der Waals surface area contributed by atoms with E-state index >= 15 is 0 Å². The van der Waals surface area contributed by atoms with E-state index in [1.165, 1.54) is 27.4 Å². The third kappa shape index (κ3) is 4.33. The van der Waals surface area contributed by atoms with Crippen LogP contribution in [0.1, 0.15) is 20.0 Å². The Morgan fingerprint density at radius 1 is 0.897 bits per heavy atom. The summed E-state index contributed by atoms with van der Waals surface area (Å²) in [5, 5.41) is 12.2. The number of thiophene rings is 1. The summed E-state index contributed by atoms with van der Waals surface area (Å²) in [5.74, 6) is 0.144. The topological polar surface area (TPSA) is 94.1 Å². The zero-order valence-electron chi connectivity index (χ0n) is 16.0. The number of amides is 1. The van der Waals surface area contributed by atoms with Gasteiger partial charge in [0.1, 0.15) is 4.88 Å². The van der Waals surface area contributed by atoms with Crippen molar-refractivity contribution in [2.75, 3.05) is 26.6 Å². The van der Waals surface area contributed by atoms with Crippen LogP contribution in [0.2, 0.25) is 0 Å². The molecule has 0 saturated heterocycles. The first-order valence-corrected chi connectivity index (χ1v) is 9.33. The molecule has 29 heavy (non-hydrogen) atoms. The molecule has 3 rings (SSSR count). The maximum atomic E-state index is 12.6. The van der Waals surface area contributed by atoms with Crippen molar-refractivity contribution in [1.82, 2.24) is 0 Å². The van der Waals surface area contributed by atoms with Crippen LogP contribution in [0, 0.1) is 0 Å². The van der Waals surface area contributed by atoms with E-state index in [1.807, 2.05) is 6.07 Å². The van der Waals surface area contributed by atoms with Gasteiger partial charge in [0.2, 0.25) is 5.75 Å². The van der Waals surface area contributed by atoms with Gasteiger partial charge in [0.05, 0.1) is 26.3 Å². The molecule has 0 fully saturated rings. The lowest BCUT2D eigenvalue weighted by Gasteiger charge is -2.14. The van der Waals surface area contributed by atoms with Crippen LogP contribution in [0.15, 0.2) is 48.5 Å². The predicted octanol–water partition coefficient (Wildman–Crippen LogP) is 4.39. The molecule has 1 aromatic heterocycles. The van der Waals surface area contributed by atoms with Crippen molar-refractivity contribution in [3.63, 3.8) is 0 Å². The predicted molar refractivity (Wildman–Crippen MR) is 111 cm³/mol. The summed E-state index contributed by atoms with van der Waals surface area (Å²) in [5.41, 5.74) is 2.01. The van der Waals surface area contributed by atoms with Crippen LogP contribution in [0.4, 0.5) is 5.00 Å². The van der Waals surface area contributed by atoms with Gasteiger partial charge in [0, 0.05) is 5.56 Å². The molecule has 0 saturated carbocycles. The number of carboxylic acids is 1. The molecule has 0 atom stereocenters. The molecule has 0 spiro atoms. The van der Waals surface area contributed by atoms with E-state index in [0.717, 1.165) is 22.5 Å². The van der Waals surface area contributed by atoms with E-state index in [4.69, 9.17) is 19.3 Å². The third-order valence-corrected chi connectivity index (χ3v) is 5.17. The van der Waals surface area contributed by atoms with E-state index in [0.29, 0.717) is 27.8 Å². The number of carboxylic acid groups (broad SMARTS) is 1. The van der Waals surface area contributed by atoms with Crippen molar-refractivity contribution < 1.29 is 28.9 Å². The minimum absolute atomic E-state index is 0.159. The average Bonchev–Trinajstić information content (AvgIpc) is 3.21. The minimum atomic E-state index is -1.03. The highest BCUT2D eigenvalue weighted by Crippen LogP contribution is 2.41. The van der Waals surface area contributed by atoms with Gasteiger partial charge < -0.3 is 24.6 Å². The number of rotatable bonds is 7. The summed E-state index contributed by atoms with van der Waals surface area (Å²) in [6.45, 7) is 0. The first kappa shape index (κ1) is 20.2. The van der Waals surface area contributed by atoms with Gasteiger partial charge in [-0.15, -0.1) is 11.3 Å². The smallest absolute Gasteiger partial charge is 0.345 e. The summed E-state index contributed by atoms with van der Waals surface area (Å²) >= 11 is 1.00. The average molecular weight is 413 g/mol. The Labute approximate surface area is 171 Å². The molecule has 3 aromatic rings. The lowest BCUT2D eigenvalue weighted by molar-refractivity contribution is 0.0702. The third-order valence-electron chi connectivity index (χ3n) is 4.18. The van der Waals surface area contributed by atoms with E-state index in [1.54, 1.807) is 36.4 Å². The summed E-state index contributed by atoms with van der Waals surface area (Å²) in [7, 11) is 4.61. The van der Waals surface area contributed by atoms with Gasteiger partial charge in [-0.3, -0.25) is 4.79 Å². The highest BCUT2D eigenvalue weighted by molar-refractivity contribution is 7.18. The molecule has 8 heteroatoms. The Balaban J connectivity index is 1.91. The van der Waals surface area contributed by atoms with Crippen molar-refractivity contribution in [3.8, 4) is 28.4 Å². The summed E-state index contributed by atoms with van der Waals surface area (Å²) in [4.78, 5) is 23.8. The van der Waals surface area contributed by atoms with Gasteiger partial charge >= 0.3 is 5.97 Å². The lowest BCUT2D eigenvalue weighted by Crippen LogP contribution is -2.10. The molecule has 0 aliphatic heterocycles. The number of methoxy groups -OCH3 is 3. The van der Waals surface area contributed by atoms with Crippen LogP contribution in [0.3, 0.4) is 0 Å². The van der Waals surface area contributed by atoms with Crippen LogP contribution < -0.4 is 19.5 Å². The molecule has 150 valence electrons. The standard InChI is InChI=1S/C21H19NO6S/c1-26-15-10-14(11-16(27-2)19(15)28-3)12-5-4-6-13(9-12)20(23)22-18-8-7-17(29-18)21(24)25/h4-11H,1-3H3,(H,22,23)(H,24,25). The number of hydrogen-bond donors (Lipinski definition) is 2. The first-order chi connectivity index (χ1) is 14.0. The number of nitrogens with one attached hydrogen (secondary N) is 1. The number of carbonyl (C=O) groups is 2.